The second-order valence-corrected chi connectivity index (χ2v) is 8.99. The molecule has 1 amide bonds. The smallest absolute Gasteiger partial charge is 0.410 e. The van der Waals surface area contributed by atoms with Gasteiger partial charge in [-0.05, 0) is 45.7 Å². The van der Waals surface area contributed by atoms with Crippen LogP contribution in [0.1, 0.15) is 33.6 Å². The number of pyridine rings is 1. The molecule has 0 bridgehead atoms. The summed E-state index contributed by atoms with van der Waals surface area (Å²) in [6.45, 7) is 6.29. The summed E-state index contributed by atoms with van der Waals surface area (Å²) in [5.74, 6) is -1.27. The Balaban J connectivity index is 1.58. The zero-order chi connectivity index (χ0) is 23.0. The van der Waals surface area contributed by atoms with Crippen LogP contribution in [0.15, 0.2) is 24.5 Å². The predicted octanol–water partition coefficient (Wildman–Crippen LogP) is 4.53. The summed E-state index contributed by atoms with van der Waals surface area (Å²) in [4.78, 5) is 26.5. The molecule has 4 rings (SSSR count). The topological polar surface area (TPSA) is 84.6 Å². The van der Waals surface area contributed by atoms with Crippen molar-refractivity contribution in [3.05, 3.63) is 41.3 Å². The molecule has 0 spiro atoms. The van der Waals surface area contributed by atoms with E-state index in [0.29, 0.717) is 30.9 Å². The number of carbonyl (C=O) groups excluding carboxylic acids is 1. The van der Waals surface area contributed by atoms with Crippen LogP contribution in [0.4, 0.5) is 19.4 Å². The highest BCUT2D eigenvalue weighted by Gasteiger charge is 2.29. The Hall–Kier alpha value is -3.01. The van der Waals surface area contributed by atoms with Crippen LogP contribution in [-0.2, 0) is 4.74 Å². The van der Waals surface area contributed by atoms with Gasteiger partial charge in [-0.1, -0.05) is 11.6 Å². The van der Waals surface area contributed by atoms with Crippen LogP contribution in [0.2, 0.25) is 5.15 Å². The molecule has 8 nitrogen and oxygen atoms in total. The van der Waals surface area contributed by atoms with E-state index in [1.54, 1.807) is 25.7 Å². The summed E-state index contributed by atoms with van der Waals surface area (Å²) in [6, 6.07) is 2.54. The van der Waals surface area contributed by atoms with Crippen molar-refractivity contribution >= 4 is 29.2 Å². The van der Waals surface area contributed by atoms with E-state index in [0.717, 1.165) is 6.42 Å². The number of amides is 1. The number of anilines is 1. The van der Waals surface area contributed by atoms with E-state index in [9.17, 15) is 13.6 Å². The number of carbonyl (C=O) groups is 1. The maximum Gasteiger partial charge on any atom is 0.410 e. The third-order valence-corrected chi connectivity index (χ3v) is 5.17. The highest BCUT2D eigenvalue weighted by Crippen LogP contribution is 2.27. The van der Waals surface area contributed by atoms with E-state index in [4.69, 9.17) is 16.3 Å². The standard InChI is InChI=1S/C21H23ClF2N6O2/c1-21(2,3)32-20(31)29-8-4-5-13(11-29)26-19-16(24)17(22)27-18(28-19)14-9-25-15-7-6-12(23)10-30(14)15/h6-7,9-10,13H,4-5,8,11H2,1-3H3,(H,26,27,28)/t13-/m1/s1. The summed E-state index contributed by atoms with van der Waals surface area (Å²) >= 11 is 6.03. The van der Waals surface area contributed by atoms with Gasteiger partial charge in [-0.15, -0.1) is 0 Å². The first-order chi connectivity index (χ1) is 15.1. The zero-order valence-electron chi connectivity index (χ0n) is 17.9. The Morgan fingerprint density at radius 1 is 1.28 bits per heavy atom. The molecule has 32 heavy (non-hydrogen) atoms. The second-order valence-electron chi connectivity index (χ2n) is 8.63. The van der Waals surface area contributed by atoms with Gasteiger partial charge in [-0.25, -0.2) is 24.1 Å². The van der Waals surface area contributed by atoms with Crippen molar-refractivity contribution in [2.24, 2.45) is 0 Å². The zero-order valence-corrected chi connectivity index (χ0v) is 18.7. The molecular weight excluding hydrogens is 442 g/mol. The molecule has 0 unspecified atom stereocenters. The lowest BCUT2D eigenvalue weighted by molar-refractivity contribution is 0.0206. The first-order valence-electron chi connectivity index (χ1n) is 10.2. The number of hydrogen-bond donors (Lipinski definition) is 1. The van der Waals surface area contributed by atoms with Crippen molar-refractivity contribution in [3.63, 3.8) is 0 Å². The van der Waals surface area contributed by atoms with Gasteiger partial charge in [-0.3, -0.25) is 4.40 Å². The lowest BCUT2D eigenvalue weighted by Crippen LogP contribution is -2.47. The molecular formula is C21H23ClF2N6O2. The molecule has 0 radical (unpaired) electrons. The monoisotopic (exact) mass is 464 g/mol. The molecule has 0 saturated carbocycles. The summed E-state index contributed by atoms with van der Waals surface area (Å²) in [5, 5.41) is 2.66. The van der Waals surface area contributed by atoms with Crippen LogP contribution in [-0.4, -0.2) is 55.1 Å². The fourth-order valence-electron chi connectivity index (χ4n) is 3.53. The number of imidazole rings is 1. The van der Waals surface area contributed by atoms with Crippen molar-refractivity contribution in [1.29, 1.82) is 0 Å². The molecule has 1 N–H and O–H groups in total. The van der Waals surface area contributed by atoms with E-state index < -0.39 is 23.3 Å². The molecule has 3 aromatic heterocycles. The average molecular weight is 465 g/mol. The van der Waals surface area contributed by atoms with Crippen molar-refractivity contribution in [3.8, 4) is 11.5 Å². The Morgan fingerprint density at radius 3 is 2.81 bits per heavy atom. The van der Waals surface area contributed by atoms with Crippen LogP contribution >= 0.6 is 11.6 Å². The number of ether oxygens (including phenoxy) is 1. The van der Waals surface area contributed by atoms with Crippen molar-refractivity contribution in [2.45, 2.75) is 45.3 Å². The first-order valence-corrected chi connectivity index (χ1v) is 10.6. The molecule has 1 saturated heterocycles. The van der Waals surface area contributed by atoms with Crippen molar-refractivity contribution < 1.29 is 18.3 Å². The summed E-state index contributed by atoms with van der Waals surface area (Å²) in [6.07, 6.45) is 3.71. The minimum Gasteiger partial charge on any atom is -0.444 e. The number of hydrogen-bond acceptors (Lipinski definition) is 6. The van der Waals surface area contributed by atoms with E-state index in [1.807, 2.05) is 0 Å². The number of aromatic nitrogens is 4. The molecule has 1 atom stereocenters. The fourth-order valence-corrected chi connectivity index (χ4v) is 3.70. The highest BCUT2D eigenvalue weighted by molar-refractivity contribution is 6.29. The number of nitrogens with zero attached hydrogens (tertiary/aromatic N) is 5. The lowest BCUT2D eigenvalue weighted by Gasteiger charge is -2.34. The minimum absolute atomic E-state index is 0.0943. The van der Waals surface area contributed by atoms with E-state index in [2.05, 4.69) is 20.3 Å². The highest BCUT2D eigenvalue weighted by atomic mass is 35.5. The predicted molar refractivity (Wildman–Crippen MR) is 116 cm³/mol. The van der Waals surface area contributed by atoms with Gasteiger partial charge in [0.2, 0.25) is 5.82 Å². The van der Waals surface area contributed by atoms with Crippen LogP contribution < -0.4 is 5.32 Å². The number of piperidine rings is 1. The van der Waals surface area contributed by atoms with Gasteiger partial charge in [0.1, 0.15) is 22.8 Å². The van der Waals surface area contributed by atoms with Gasteiger partial charge < -0.3 is 15.0 Å². The number of nitrogens with one attached hydrogen (secondary N) is 1. The number of likely N-dealkylation sites (tertiary alicyclic amines) is 1. The molecule has 4 heterocycles. The molecule has 0 aliphatic carbocycles. The summed E-state index contributed by atoms with van der Waals surface area (Å²) < 4.78 is 35.3. The molecule has 11 heteroatoms. The minimum atomic E-state index is -0.801. The number of fused-ring (bicyclic) bond motifs is 1. The molecule has 1 aliphatic heterocycles. The summed E-state index contributed by atoms with van der Waals surface area (Å²) in [5.41, 5.74) is 0.246. The van der Waals surface area contributed by atoms with Crippen LogP contribution in [0.25, 0.3) is 17.2 Å². The van der Waals surface area contributed by atoms with Gasteiger partial charge in [0, 0.05) is 25.3 Å². The first kappa shape index (κ1) is 22.2. The third-order valence-electron chi connectivity index (χ3n) is 4.92. The van der Waals surface area contributed by atoms with Crippen LogP contribution in [0, 0.1) is 11.6 Å². The van der Waals surface area contributed by atoms with Crippen LogP contribution in [0.3, 0.4) is 0 Å². The molecule has 0 aromatic carbocycles. The number of rotatable bonds is 3. The van der Waals surface area contributed by atoms with Gasteiger partial charge in [0.25, 0.3) is 0 Å². The summed E-state index contributed by atoms with van der Waals surface area (Å²) in [7, 11) is 0. The van der Waals surface area contributed by atoms with Crippen molar-refractivity contribution in [1.82, 2.24) is 24.3 Å². The largest absolute Gasteiger partial charge is 0.444 e. The van der Waals surface area contributed by atoms with E-state index in [-0.39, 0.29) is 22.8 Å². The SMILES string of the molecule is CC(C)(C)OC(=O)N1CCC[C@@H](Nc2nc(-c3cnc4ccc(F)cn34)nc(Cl)c2F)C1. The molecule has 1 fully saturated rings. The Morgan fingerprint density at radius 2 is 2.06 bits per heavy atom. The second kappa shape index (κ2) is 8.50. The van der Waals surface area contributed by atoms with E-state index in [1.165, 1.54) is 28.9 Å². The average Bonchev–Trinajstić information content (AvgIpc) is 3.13. The molecule has 3 aromatic rings. The Kier molecular flexibility index (Phi) is 5.89. The normalized spacial score (nSPS) is 16.9. The Bertz CT molecular complexity index is 1160. The van der Waals surface area contributed by atoms with Crippen LogP contribution in [0.5, 0.6) is 0 Å². The van der Waals surface area contributed by atoms with Gasteiger partial charge >= 0.3 is 6.09 Å². The van der Waals surface area contributed by atoms with E-state index >= 15 is 0 Å². The van der Waals surface area contributed by atoms with Gasteiger partial charge in [0.05, 0.1) is 6.20 Å². The van der Waals surface area contributed by atoms with Crippen molar-refractivity contribution in [2.75, 3.05) is 18.4 Å². The fraction of sp³-hybridized carbons (Fsp3) is 0.429. The molecule has 1 aliphatic rings. The number of halogens is 3. The Labute approximate surface area is 188 Å². The third kappa shape index (κ3) is 4.74. The maximum absolute atomic E-state index is 14.7. The van der Waals surface area contributed by atoms with Gasteiger partial charge in [0.15, 0.2) is 16.8 Å². The quantitative estimate of drug-likeness (QED) is 0.573. The molecule has 170 valence electrons. The van der Waals surface area contributed by atoms with Gasteiger partial charge in [-0.2, -0.15) is 4.39 Å². The maximum atomic E-state index is 14.7. The lowest BCUT2D eigenvalue weighted by atomic mass is 10.1.